The van der Waals surface area contributed by atoms with Crippen molar-refractivity contribution in [2.24, 2.45) is 0 Å². The van der Waals surface area contributed by atoms with Gasteiger partial charge in [0, 0.05) is 24.7 Å². The van der Waals surface area contributed by atoms with E-state index >= 15 is 0 Å². The fraction of sp³-hybridized carbons (Fsp3) is 0.300. The summed E-state index contributed by atoms with van der Waals surface area (Å²) in [7, 11) is 1.42. The van der Waals surface area contributed by atoms with Gasteiger partial charge in [0.1, 0.15) is 11.3 Å². The first-order valence-electron chi connectivity index (χ1n) is 8.69. The smallest absolute Gasteiger partial charge is 0.343 e. The van der Waals surface area contributed by atoms with Crippen molar-refractivity contribution in [1.82, 2.24) is 4.90 Å². The Hall–Kier alpha value is -2.73. The molecule has 0 aromatic heterocycles. The quantitative estimate of drug-likeness (QED) is 0.626. The van der Waals surface area contributed by atoms with Gasteiger partial charge in [-0.15, -0.1) is 0 Å². The lowest BCUT2D eigenvalue weighted by molar-refractivity contribution is -0.140. The van der Waals surface area contributed by atoms with Crippen molar-refractivity contribution in [2.75, 3.05) is 25.9 Å². The number of nitrogens with zero attached hydrogens (tertiary/aromatic N) is 1. The topological polar surface area (TPSA) is 81.9 Å². The van der Waals surface area contributed by atoms with E-state index in [4.69, 9.17) is 26.8 Å². The van der Waals surface area contributed by atoms with Crippen molar-refractivity contribution in [3.63, 3.8) is 0 Å². The number of nitrogens with two attached hydrogens (primary N) is 1. The van der Waals surface area contributed by atoms with E-state index in [2.05, 4.69) is 0 Å². The Morgan fingerprint density at radius 2 is 1.81 bits per heavy atom. The summed E-state index contributed by atoms with van der Waals surface area (Å²) in [5, 5.41) is 0.213. The van der Waals surface area contributed by atoms with Gasteiger partial charge in [-0.3, -0.25) is 4.79 Å². The SMILES string of the molecule is COc1cc(N)c(Cl)cc1C(=O)O[C@H](C(=O)N1CCCC1)c1ccccc1. The average Bonchev–Trinajstić information content (AvgIpc) is 3.22. The van der Waals surface area contributed by atoms with E-state index < -0.39 is 12.1 Å². The third kappa shape index (κ3) is 4.17. The third-order valence-electron chi connectivity index (χ3n) is 4.51. The van der Waals surface area contributed by atoms with E-state index in [1.54, 1.807) is 29.2 Å². The predicted molar refractivity (Wildman–Crippen MR) is 103 cm³/mol. The van der Waals surface area contributed by atoms with Gasteiger partial charge in [-0.1, -0.05) is 41.9 Å². The molecule has 0 bridgehead atoms. The maximum atomic E-state index is 13.0. The molecule has 7 heteroatoms. The van der Waals surface area contributed by atoms with Gasteiger partial charge < -0.3 is 20.1 Å². The van der Waals surface area contributed by atoms with Gasteiger partial charge in [0.05, 0.1) is 17.8 Å². The molecular weight excluding hydrogens is 368 g/mol. The van der Waals surface area contributed by atoms with Crippen molar-refractivity contribution in [1.29, 1.82) is 0 Å². The number of nitrogen functional groups attached to an aromatic ring is 1. The van der Waals surface area contributed by atoms with Crippen LogP contribution in [0, 0.1) is 0 Å². The molecule has 6 nitrogen and oxygen atoms in total. The van der Waals surface area contributed by atoms with Crippen molar-refractivity contribution in [2.45, 2.75) is 18.9 Å². The summed E-state index contributed by atoms with van der Waals surface area (Å²) in [4.78, 5) is 27.5. The first-order valence-corrected chi connectivity index (χ1v) is 9.06. The molecule has 1 saturated heterocycles. The molecule has 0 saturated carbocycles. The number of anilines is 1. The molecular formula is C20H21ClN2O4. The summed E-state index contributed by atoms with van der Waals surface area (Å²) < 4.78 is 10.8. The molecule has 1 atom stereocenters. The highest BCUT2D eigenvalue weighted by atomic mass is 35.5. The Morgan fingerprint density at radius 3 is 2.44 bits per heavy atom. The lowest BCUT2D eigenvalue weighted by Crippen LogP contribution is -2.35. The predicted octanol–water partition coefficient (Wildman–Crippen LogP) is 3.45. The molecule has 2 N–H and O–H groups in total. The van der Waals surface area contributed by atoms with E-state index in [9.17, 15) is 9.59 Å². The number of carbonyl (C=O) groups is 2. The summed E-state index contributed by atoms with van der Waals surface area (Å²) >= 11 is 6.04. The first-order chi connectivity index (χ1) is 13.0. The maximum Gasteiger partial charge on any atom is 0.343 e. The Kier molecular flexibility index (Phi) is 5.86. The van der Waals surface area contributed by atoms with Gasteiger partial charge in [0.2, 0.25) is 6.10 Å². The molecule has 1 aliphatic rings. The van der Waals surface area contributed by atoms with Crippen LogP contribution < -0.4 is 10.5 Å². The Bertz CT molecular complexity index is 835. The van der Waals surface area contributed by atoms with E-state index in [1.807, 2.05) is 6.07 Å². The molecule has 1 heterocycles. The van der Waals surface area contributed by atoms with Gasteiger partial charge >= 0.3 is 5.97 Å². The molecule has 3 rings (SSSR count). The zero-order valence-electron chi connectivity index (χ0n) is 15.0. The van der Waals surface area contributed by atoms with Gasteiger partial charge in [-0.25, -0.2) is 4.79 Å². The second-order valence-corrected chi connectivity index (χ2v) is 6.71. The highest BCUT2D eigenvalue weighted by Gasteiger charge is 2.32. The van der Waals surface area contributed by atoms with Crippen molar-refractivity contribution in [3.8, 4) is 5.75 Å². The van der Waals surface area contributed by atoms with Gasteiger partial charge in [-0.05, 0) is 18.9 Å². The van der Waals surface area contributed by atoms with Crippen LogP contribution in [-0.2, 0) is 9.53 Å². The Morgan fingerprint density at radius 1 is 1.15 bits per heavy atom. The summed E-state index contributed by atoms with van der Waals surface area (Å²) in [6.45, 7) is 1.33. The van der Waals surface area contributed by atoms with Gasteiger partial charge in [0.25, 0.3) is 5.91 Å². The number of ether oxygens (including phenoxy) is 2. The summed E-state index contributed by atoms with van der Waals surface area (Å²) in [5.74, 6) is -0.690. The number of esters is 1. The van der Waals surface area contributed by atoms with Crippen LogP contribution in [0.2, 0.25) is 5.02 Å². The minimum atomic E-state index is -1.03. The normalized spacial score (nSPS) is 14.7. The lowest BCUT2D eigenvalue weighted by Gasteiger charge is -2.24. The lowest BCUT2D eigenvalue weighted by atomic mass is 10.1. The van der Waals surface area contributed by atoms with Crippen molar-refractivity contribution in [3.05, 3.63) is 58.6 Å². The number of likely N-dealkylation sites (tertiary alicyclic amines) is 1. The third-order valence-corrected chi connectivity index (χ3v) is 4.84. The Labute approximate surface area is 162 Å². The number of methoxy groups -OCH3 is 1. The zero-order chi connectivity index (χ0) is 19.4. The van der Waals surface area contributed by atoms with Crippen LogP contribution in [0.3, 0.4) is 0 Å². The highest BCUT2D eigenvalue weighted by molar-refractivity contribution is 6.33. The summed E-state index contributed by atoms with van der Waals surface area (Å²) in [6.07, 6.45) is 0.864. The van der Waals surface area contributed by atoms with Gasteiger partial charge in [0.15, 0.2) is 0 Å². The second-order valence-electron chi connectivity index (χ2n) is 6.30. The maximum absolute atomic E-state index is 13.0. The molecule has 1 fully saturated rings. The monoisotopic (exact) mass is 388 g/mol. The van der Waals surface area contributed by atoms with E-state index in [1.165, 1.54) is 19.2 Å². The van der Waals surface area contributed by atoms with Crippen LogP contribution in [0.1, 0.15) is 34.9 Å². The largest absolute Gasteiger partial charge is 0.496 e. The molecule has 27 heavy (non-hydrogen) atoms. The minimum absolute atomic E-state index is 0.117. The van der Waals surface area contributed by atoms with Gasteiger partial charge in [-0.2, -0.15) is 0 Å². The number of amides is 1. The van der Waals surface area contributed by atoms with E-state index in [0.717, 1.165) is 12.8 Å². The standard InChI is InChI=1S/C20H21ClN2O4/c1-26-17-12-16(22)15(21)11-14(17)20(25)27-18(13-7-3-2-4-8-13)19(24)23-9-5-6-10-23/h2-4,7-8,11-12,18H,5-6,9-10,22H2,1H3/t18-/m0/s1. The fourth-order valence-electron chi connectivity index (χ4n) is 3.06. The molecule has 1 amide bonds. The summed E-state index contributed by atoms with van der Waals surface area (Å²) in [6, 6.07) is 11.8. The highest BCUT2D eigenvalue weighted by Crippen LogP contribution is 2.31. The van der Waals surface area contributed by atoms with Crippen LogP contribution in [0.25, 0.3) is 0 Å². The van der Waals surface area contributed by atoms with Crippen molar-refractivity contribution < 1.29 is 19.1 Å². The van der Waals surface area contributed by atoms with Crippen molar-refractivity contribution >= 4 is 29.2 Å². The summed E-state index contributed by atoms with van der Waals surface area (Å²) in [5.41, 5.74) is 6.78. The molecule has 142 valence electrons. The molecule has 2 aromatic carbocycles. The number of hydrogen-bond acceptors (Lipinski definition) is 5. The zero-order valence-corrected chi connectivity index (χ0v) is 15.7. The number of rotatable bonds is 5. The van der Waals surface area contributed by atoms with E-state index in [-0.39, 0.29) is 27.9 Å². The molecule has 2 aromatic rings. The first kappa shape index (κ1) is 19.0. The number of hydrogen-bond donors (Lipinski definition) is 1. The fourth-order valence-corrected chi connectivity index (χ4v) is 3.22. The molecule has 0 spiro atoms. The molecule has 0 aliphatic carbocycles. The number of carbonyl (C=O) groups excluding carboxylic acids is 2. The second kappa shape index (κ2) is 8.31. The molecule has 0 unspecified atom stereocenters. The number of benzene rings is 2. The van der Waals surface area contributed by atoms with Crippen LogP contribution in [-0.4, -0.2) is 37.0 Å². The number of halogens is 1. The Balaban J connectivity index is 1.91. The van der Waals surface area contributed by atoms with E-state index in [0.29, 0.717) is 18.7 Å². The molecule has 0 radical (unpaired) electrons. The molecule has 1 aliphatic heterocycles. The van der Waals surface area contributed by atoms with Crippen LogP contribution in [0.5, 0.6) is 5.75 Å². The van der Waals surface area contributed by atoms with Crippen LogP contribution in [0.15, 0.2) is 42.5 Å². The van der Waals surface area contributed by atoms with Crippen LogP contribution >= 0.6 is 11.6 Å². The minimum Gasteiger partial charge on any atom is -0.496 e. The van der Waals surface area contributed by atoms with Crippen LogP contribution in [0.4, 0.5) is 5.69 Å². The average molecular weight is 389 g/mol.